The van der Waals surface area contributed by atoms with Crippen LogP contribution in [0.2, 0.25) is 0 Å². The van der Waals surface area contributed by atoms with Gasteiger partial charge in [-0.3, -0.25) is 9.59 Å². The quantitative estimate of drug-likeness (QED) is 0.797. The molecule has 138 valence electrons. The number of nitrogens with zero attached hydrogens (tertiary/aromatic N) is 1. The topological polar surface area (TPSA) is 69.6 Å². The Kier molecular flexibility index (Phi) is 7.44. The summed E-state index contributed by atoms with van der Waals surface area (Å²) in [6.45, 7) is 4.53. The van der Waals surface area contributed by atoms with E-state index < -0.39 is 6.10 Å². The van der Waals surface area contributed by atoms with Gasteiger partial charge in [0.2, 0.25) is 11.8 Å². The molecule has 1 aliphatic heterocycles. The Morgan fingerprint density at radius 3 is 2.68 bits per heavy atom. The molecule has 1 aromatic rings. The highest BCUT2D eigenvalue weighted by atomic mass is 16.3. The van der Waals surface area contributed by atoms with E-state index in [1.165, 1.54) is 0 Å². The van der Waals surface area contributed by atoms with Crippen molar-refractivity contribution in [3.05, 3.63) is 35.9 Å². The van der Waals surface area contributed by atoms with Crippen molar-refractivity contribution in [1.29, 1.82) is 0 Å². The summed E-state index contributed by atoms with van der Waals surface area (Å²) in [5.41, 5.74) is 0.848. The minimum atomic E-state index is -0.610. The summed E-state index contributed by atoms with van der Waals surface area (Å²) < 4.78 is 0. The molecule has 1 saturated heterocycles. The number of carbonyl (C=O) groups excluding carboxylic acids is 2. The van der Waals surface area contributed by atoms with Gasteiger partial charge in [0.15, 0.2) is 0 Å². The van der Waals surface area contributed by atoms with Gasteiger partial charge in [0.25, 0.3) is 0 Å². The lowest BCUT2D eigenvalue weighted by atomic mass is 9.99. The van der Waals surface area contributed by atoms with Crippen molar-refractivity contribution in [2.24, 2.45) is 0 Å². The van der Waals surface area contributed by atoms with E-state index in [0.717, 1.165) is 31.2 Å². The van der Waals surface area contributed by atoms with Crippen molar-refractivity contribution in [3.63, 3.8) is 0 Å². The van der Waals surface area contributed by atoms with Crippen LogP contribution in [0.25, 0.3) is 0 Å². The maximum Gasteiger partial charge on any atom is 0.243 e. The largest absolute Gasteiger partial charge is 0.388 e. The van der Waals surface area contributed by atoms with Gasteiger partial charge in [-0.1, -0.05) is 37.3 Å². The van der Waals surface area contributed by atoms with Crippen LogP contribution in [0.15, 0.2) is 30.3 Å². The fraction of sp³-hybridized carbons (Fsp3) is 0.600. The van der Waals surface area contributed by atoms with Crippen molar-refractivity contribution < 1.29 is 14.7 Å². The van der Waals surface area contributed by atoms with Crippen LogP contribution in [-0.2, 0) is 9.59 Å². The summed E-state index contributed by atoms with van der Waals surface area (Å²) in [4.78, 5) is 26.7. The van der Waals surface area contributed by atoms with E-state index >= 15 is 0 Å². The maximum atomic E-state index is 12.7. The molecule has 0 aliphatic carbocycles. The molecule has 5 heteroatoms. The number of benzene rings is 1. The summed E-state index contributed by atoms with van der Waals surface area (Å²) in [6.07, 6.45) is 3.77. The molecule has 5 nitrogen and oxygen atoms in total. The third-order valence-corrected chi connectivity index (χ3v) is 4.74. The molecule has 1 fully saturated rings. The molecule has 3 unspecified atom stereocenters. The zero-order valence-corrected chi connectivity index (χ0v) is 15.3. The second-order valence-electron chi connectivity index (χ2n) is 6.92. The number of piperidine rings is 1. The van der Waals surface area contributed by atoms with Crippen molar-refractivity contribution in [2.75, 3.05) is 6.54 Å². The molecule has 2 rings (SSSR count). The molecule has 2 amide bonds. The van der Waals surface area contributed by atoms with Gasteiger partial charge >= 0.3 is 0 Å². The van der Waals surface area contributed by atoms with Crippen LogP contribution in [-0.4, -0.2) is 40.4 Å². The summed E-state index contributed by atoms with van der Waals surface area (Å²) >= 11 is 0. The maximum absolute atomic E-state index is 12.7. The Morgan fingerprint density at radius 1 is 1.28 bits per heavy atom. The monoisotopic (exact) mass is 346 g/mol. The average Bonchev–Trinajstić information content (AvgIpc) is 2.62. The number of amides is 2. The number of hydrogen-bond acceptors (Lipinski definition) is 3. The molecule has 0 aromatic heterocycles. The van der Waals surface area contributed by atoms with Gasteiger partial charge in [-0.25, -0.2) is 0 Å². The van der Waals surface area contributed by atoms with Gasteiger partial charge in [0.05, 0.1) is 6.10 Å². The van der Waals surface area contributed by atoms with E-state index in [2.05, 4.69) is 5.32 Å². The van der Waals surface area contributed by atoms with Crippen LogP contribution in [0.3, 0.4) is 0 Å². The number of aliphatic hydroxyl groups is 1. The van der Waals surface area contributed by atoms with Crippen LogP contribution < -0.4 is 5.32 Å². The van der Waals surface area contributed by atoms with Crippen LogP contribution in [0.5, 0.6) is 0 Å². The van der Waals surface area contributed by atoms with E-state index in [4.69, 9.17) is 0 Å². The SMILES string of the molecule is CCCC(=O)N1CCCCC1C(=O)NC(C)CC(O)c1ccccc1. The van der Waals surface area contributed by atoms with E-state index in [0.29, 0.717) is 19.4 Å². The highest BCUT2D eigenvalue weighted by Gasteiger charge is 2.32. The summed E-state index contributed by atoms with van der Waals surface area (Å²) in [7, 11) is 0. The molecule has 1 aromatic carbocycles. The molecule has 1 heterocycles. The summed E-state index contributed by atoms with van der Waals surface area (Å²) in [5.74, 6) is -0.0313. The highest BCUT2D eigenvalue weighted by molar-refractivity contribution is 5.88. The van der Waals surface area contributed by atoms with Crippen molar-refractivity contribution >= 4 is 11.8 Å². The van der Waals surface area contributed by atoms with Crippen molar-refractivity contribution in [1.82, 2.24) is 10.2 Å². The first kappa shape index (κ1) is 19.4. The Morgan fingerprint density at radius 2 is 2.00 bits per heavy atom. The molecule has 0 spiro atoms. The molecule has 0 saturated carbocycles. The van der Waals surface area contributed by atoms with Gasteiger partial charge in [-0.2, -0.15) is 0 Å². The van der Waals surface area contributed by atoms with Gasteiger partial charge in [-0.05, 0) is 44.6 Å². The number of hydrogen-bond donors (Lipinski definition) is 2. The Bertz CT molecular complexity index is 561. The Hall–Kier alpha value is -1.88. The predicted octanol–water partition coefficient (Wildman–Crippen LogP) is 2.80. The molecular formula is C20H30N2O3. The smallest absolute Gasteiger partial charge is 0.243 e. The van der Waals surface area contributed by atoms with E-state index in [1.54, 1.807) is 4.90 Å². The Labute approximate surface area is 150 Å². The normalized spacial score (nSPS) is 20.0. The highest BCUT2D eigenvalue weighted by Crippen LogP contribution is 2.21. The molecule has 1 aliphatic rings. The van der Waals surface area contributed by atoms with Crippen LogP contribution >= 0.6 is 0 Å². The first-order chi connectivity index (χ1) is 12.0. The number of likely N-dealkylation sites (tertiary alicyclic amines) is 1. The summed E-state index contributed by atoms with van der Waals surface area (Å²) in [6, 6.07) is 8.92. The predicted molar refractivity (Wildman–Crippen MR) is 97.9 cm³/mol. The lowest BCUT2D eigenvalue weighted by Gasteiger charge is -2.35. The molecule has 3 atom stereocenters. The van der Waals surface area contributed by atoms with E-state index in [1.807, 2.05) is 44.2 Å². The fourth-order valence-corrected chi connectivity index (χ4v) is 3.40. The second kappa shape index (κ2) is 9.56. The van der Waals surface area contributed by atoms with Gasteiger partial charge in [0.1, 0.15) is 6.04 Å². The first-order valence-electron chi connectivity index (χ1n) is 9.35. The number of rotatable bonds is 7. The lowest BCUT2D eigenvalue weighted by Crippen LogP contribution is -2.53. The third kappa shape index (κ3) is 5.56. The molecule has 0 bridgehead atoms. The molecular weight excluding hydrogens is 316 g/mol. The zero-order chi connectivity index (χ0) is 18.2. The van der Waals surface area contributed by atoms with Crippen LogP contribution in [0.4, 0.5) is 0 Å². The number of aliphatic hydroxyl groups excluding tert-OH is 1. The zero-order valence-electron chi connectivity index (χ0n) is 15.3. The van der Waals surface area contributed by atoms with E-state index in [-0.39, 0.29) is 23.9 Å². The fourth-order valence-electron chi connectivity index (χ4n) is 3.40. The van der Waals surface area contributed by atoms with Gasteiger partial charge < -0.3 is 15.3 Å². The molecule has 2 N–H and O–H groups in total. The lowest BCUT2D eigenvalue weighted by molar-refractivity contribution is -0.142. The standard InChI is InChI=1S/C20H30N2O3/c1-3-9-19(24)22-13-8-7-12-17(22)20(25)21-15(2)14-18(23)16-10-5-4-6-11-16/h4-6,10-11,15,17-18,23H,3,7-9,12-14H2,1-2H3,(H,21,25). The van der Waals surface area contributed by atoms with Crippen LogP contribution in [0, 0.1) is 0 Å². The molecule has 25 heavy (non-hydrogen) atoms. The minimum Gasteiger partial charge on any atom is -0.388 e. The van der Waals surface area contributed by atoms with Crippen molar-refractivity contribution in [3.8, 4) is 0 Å². The Balaban J connectivity index is 1.91. The molecule has 0 radical (unpaired) electrons. The summed E-state index contributed by atoms with van der Waals surface area (Å²) in [5, 5.41) is 13.3. The minimum absolute atomic E-state index is 0.0688. The van der Waals surface area contributed by atoms with Gasteiger partial charge in [-0.15, -0.1) is 0 Å². The van der Waals surface area contributed by atoms with Gasteiger partial charge in [0, 0.05) is 19.0 Å². The van der Waals surface area contributed by atoms with E-state index in [9.17, 15) is 14.7 Å². The number of nitrogens with one attached hydrogen (secondary N) is 1. The second-order valence-corrected chi connectivity index (χ2v) is 6.92. The number of carbonyl (C=O) groups is 2. The average molecular weight is 346 g/mol. The van der Waals surface area contributed by atoms with Crippen molar-refractivity contribution in [2.45, 2.75) is 70.6 Å². The first-order valence-corrected chi connectivity index (χ1v) is 9.35. The third-order valence-electron chi connectivity index (χ3n) is 4.74. The van der Waals surface area contributed by atoms with Crippen LogP contribution in [0.1, 0.15) is 64.0 Å².